The number of carbonyl (C=O) groups excluding carboxylic acids is 2. The van der Waals surface area contributed by atoms with Crippen LogP contribution in [-0.2, 0) is 4.74 Å². The Kier molecular flexibility index (Phi) is 5.12. The second-order valence-corrected chi connectivity index (χ2v) is 4.98. The zero-order valence-corrected chi connectivity index (χ0v) is 12.3. The number of rotatable bonds is 5. The van der Waals surface area contributed by atoms with Crippen molar-refractivity contribution in [2.45, 2.75) is 19.4 Å². The molecule has 2 rings (SSSR count). The van der Waals surface area contributed by atoms with Gasteiger partial charge in [0.25, 0.3) is 0 Å². The second-order valence-electron chi connectivity index (χ2n) is 4.54. The standard InChI is InChI=1S/C17H15ClO3/c1-2-15(16(19)12-6-4-3-5-7-12)21-17(20)13-8-10-14(18)11-9-13/h3-11,15H,2H2,1H3/t15-/m0/s1. The van der Waals surface area contributed by atoms with E-state index in [0.717, 1.165) is 0 Å². The van der Waals surface area contributed by atoms with Crippen LogP contribution >= 0.6 is 11.6 Å². The van der Waals surface area contributed by atoms with Crippen LogP contribution in [0.3, 0.4) is 0 Å². The lowest BCUT2D eigenvalue weighted by atomic mass is 10.0. The minimum Gasteiger partial charge on any atom is -0.450 e. The third-order valence-corrected chi connectivity index (χ3v) is 3.30. The van der Waals surface area contributed by atoms with Gasteiger partial charge in [-0.05, 0) is 30.7 Å². The van der Waals surface area contributed by atoms with Crippen molar-refractivity contribution in [1.29, 1.82) is 0 Å². The van der Waals surface area contributed by atoms with Crippen molar-refractivity contribution in [3.63, 3.8) is 0 Å². The van der Waals surface area contributed by atoms with Crippen molar-refractivity contribution in [1.82, 2.24) is 0 Å². The molecule has 21 heavy (non-hydrogen) atoms. The summed E-state index contributed by atoms with van der Waals surface area (Å²) in [5.41, 5.74) is 0.909. The number of ketones is 1. The predicted octanol–water partition coefficient (Wildman–Crippen LogP) is 4.16. The minimum absolute atomic E-state index is 0.194. The Bertz CT molecular complexity index is 620. The normalized spacial score (nSPS) is 11.7. The van der Waals surface area contributed by atoms with Crippen LogP contribution in [-0.4, -0.2) is 17.9 Å². The summed E-state index contributed by atoms with van der Waals surface area (Å²) in [6.07, 6.45) is -0.358. The molecule has 0 unspecified atom stereocenters. The Morgan fingerprint density at radius 3 is 2.19 bits per heavy atom. The van der Waals surface area contributed by atoms with Gasteiger partial charge in [0.1, 0.15) is 0 Å². The molecule has 108 valence electrons. The number of ether oxygens (including phenoxy) is 1. The fourth-order valence-electron chi connectivity index (χ4n) is 1.89. The molecule has 0 aliphatic carbocycles. The van der Waals surface area contributed by atoms with Crippen LogP contribution in [0.25, 0.3) is 0 Å². The number of esters is 1. The topological polar surface area (TPSA) is 43.4 Å². The van der Waals surface area contributed by atoms with Crippen LogP contribution in [0.15, 0.2) is 54.6 Å². The fraction of sp³-hybridized carbons (Fsp3) is 0.176. The van der Waals surface area contributed by atoms with Crippen molar-refractivity contribution in [3.05, 3.63) is 70.7 Å². The van der Waals surface area contributed by atoms with E-state index in [4.69, 9.17) is 16.3 Å². The number of carbonyl (C=O) groups is 2. The molecule has 0 bridgehead atoms. The molecule has 0 aliphatic rings. The van der Waals surface area contributed by atoms with Gasteiger partial charge >= 0.3 is 5.97 Å². The van der Waals surface area contributed by atoms with E-state index in [0.29, 0.717) is 22.6 Å². The number of hydrogen-bond acceptors (Lipinski definition) is 3. The van der Waals surface area contributed by atoms with E-state index >= 15 is 0 Å². The summed E-state index contributed by atoms with van der Waals surface area (Å²) in [5.74, 6) is -0.719. The van der Waals surface area contributed by atoms with Crippen LogP contribution in [0.5, 0.6) is 0 Å². The summed E-state index contributed by atoms with van der Waals surface area (Å²) in [6.45, 7) is 1.81. The maximum absolute atomic E-state index is 12.3. The highest BCUT2D eigenvalue weighted by Crippen LogP contribution is 2.14. The zero-order chi connectivity index (χ0) is 15.2. The van der Waals surface area contributed by atoms with Gasteiger partial charge in [-0.1, -0.05) is 48.9 Å². The van der Waals surface area contributed by atoms with E-state index in [-0.39, 0.29) is 5.78 Å². The molecule has 2 aromatic carbocycles. The summed E-state index contributed by atoms with van der Waals surface area (Å²) < 4.78 is 5.31. The fourth-order valence-corrected chi connectivity index (χ4v) is 2.02. The molecule has 0 spiro atoms. The molecular formula is C17H15ClO3. The van der Waals surface area contributed by atoms with E-state index in [1.54, 1.807) is 55.5 Å². The van der Waals surface area contributed by atoms with E-state index in [9.17, 15) is 9.59 Å². The lowest BCUT2D eigenvalue weighted by molar-refractivity contribution is 0.0277. The van der Waals surface area contributed by atoms with Crippen LogP contribution in [0.4, 0.5) is 0 Å². The monoisotopic (exact) mass is 302 g/mol. The van der Waals surface area contributed by atoms with Gasteiger partial charge in [0, 0.05) is 10.6 Å². The van der Waals surface area contributed by atoms with Gasteiger partial charge in [-0.2, -0.15) is 0 Å². The summed E-state index contributed by atoms with van der Waals surface area (Å²) >= 11 is 5.77. The van der Waals surface area contributed by atoms with Crippen molar-refractivity contribution in [2.75, 3.05) is 0 Å². The molecule has 0 heterocycles. The first-order valence-electron chi connectivity index (χ1n) is 6.67. The van der Waals surface area contributed by atoms with Crippen molar-refractivity contribution in [3.8, 4) is 0 Å². The number of halogens is 1. The SMILES string of the molecule is CC[C@H](OC(=O)c1ccc(Cl)cc1)C(=O)c1ccccc1. The minimum atomic E-state index is -0.782. The molecule has 0 fully saturated rings. The Balaban J connectivity index is 2.10. The van der Waals surface area contributed by atoms with Crippen LogP contribution in [0, 0.1) is 0 Å². The lowest BCUT2D eigenvalue weighted by Gasteiger charge is -2.15. The summed E-state index contributed by atoms with van der Waals surface area (Å²) in [4.78, 5) is 24.3. The van der Waals surface area contributed by atoms with E-state index < -0.39 is 12.1 Å². The smallest absolute Gasteiger partial charge is 0.338 e. The molecular weight excluding hydrogens is 288 g/mol. The van der Waals surface area contributed by atoms with Crippen molar-refractivity contribution in [2.24, 2.45) is 0 Å². The van der Waals surface area contributed by atoms with Crippen molar-refractivity contribution >= 4 is 23.4 Å². The second kappa shape index (κ2) is 7.04. The first kappa shape index (κ1) is 15.3. The van der Waals surface area contributed by atoms with Gasteiger partial charge in [0.05, 0.1) is 5.56 Å². The molecule has 2 aromatic rings. The molecule has 0 radical (unpaired) electrons. The molecule has 4 heteroatoms. The molecule has 0 saturated carbocycles. The molecule has 0 N–H and O–H groups in total. The van der Waals surface area contributed by atoms with Crippen LogP contribution in [0.1, 0.15) is 34.1 Å². The number of hydrogen-bond donors (Lipinski definition) is 0. The summed E-state index contributed by atoms with van der Waals surface area (Å²) in [6, 6.07) is 15.2. The Morgan fingerprint density at radius 1 is 1.00 bits per heavy atom. The summed E-state index contributed by atoms with van der Waals surface area (Å²) in [7, 11) is 0. The van der Waals surface area contributed by atoms with Gasteiger partial charge in [0.2, 0.25) is 5.78 Å². The van der Waals surface area contributed by atoms with Gasteiger partial charge in [0.15, 0.2) is 6.10 Å². The highest BCUT2D eigenvalue weighted by molar-refractivity contribution is 6.30. The highest BCUT2D eigenvalue weighted by Gasteiger charge is 2.22. The average Bonchev–Trinajstić information content (AvgIpc) is 2.53. The third kappa shape index (κ3) is 3.92. The molecule has 3 nitrogen and oxygen atoms in total. The molecule has 0 saturated heterocycles. The van der Waals surface area contributed by atoms with Gasteiger partial charge in [-0.25, -0.2) is 4.79 Å². The number of benzene rings is 2. The molecule has 0 amide bonds. The average molecular weight is 303 g/mol. The van der Waals surface area contributed by atoms with E-state index in [1.165, 1.54) is 0 Å². The maximum Gasteiger partial charge on any atom is 0.338 e. The van der Waals surface area contributed by atoms with Crippen LogP contribution < -0.4 is 0 Å². The maximum atomic E-state index is 12.3. The number of Topliss-reactive ketones (excluding diaryl/α,β-unsaturated/α-hetero) is 1. The van der Waals surface area contributed by atoms with Gasteiger partial charge in [-0.15, -0.1) is 0 Å². The largest absolute Gasteiger partial charge is 0.450 e. The van der Waals surface area contributed by atoms with Gasteiger partial charge in [-0.3, -0.25) is 4.79 Å². The quantitative estimate of drug-likeness (QED) is 0.615. The first-order chi connectivity index (χ1) is 10.1. The Morgan fingerprint density at radius 2 is 1.62 bits per heavy atom. The van der Waals surface area contributed by atoms with Crippen LogP contribution in [0.2, 0.25) is 5.02 Å². The molecule has 1 atom stereocenters. The lowest BCUT2D eigenvalue weighted by Crippen LogP contribution is -2.26. The molecule has 0 aromatic heterocycles. The third-order valence-electron chi connectivity index (χ3n) is 3.05. The first-order valence-corrected chi connectivity index (χ1v) is 7.05. The van der Waals surface area contributed by atoms with Gasteiger partial charge < -0.3 is 4.74 Å². The Labute approximate surface area is 128 Å². The predicted molar refractivity (Wildman–Crippen MR) is 81.7 cm³/mol. The van der Waals surface area contributed by atoms with E-state index in [2.05, 4.69) is 0 Å². The highest BCUT2D eigenvalue weighted by atomic mass is 35.5. The summed E-state index contributed by atoms with van der Waals surface area (Å²) in [5, 5.41) is 0.541. The zero-order valence-electron chi connectivity index (χ0n) is 11.6. The van der Waals surface area contributed by atoms with E-state index in [1.807, 2.05) is 6.07 Å². The van der Waals surface area contributed by atoms with Crippen molar-refractivity contribution < 1.29 is 14.3 Å². The Hall–Kier alpha value is -2.13. The molecule has 0 aliphatic heterocycles.